The zero-order chi connectivity index (χ0) is 6.69. The number of hydrogen-bond donors (Lipinski definition) is 0. The summed E-state index contributed by atoms with van der Waals surface area (Å²) in [4.78, 5) is 0. The van der Waals surface area contributed by atoms with Crippen molar-refractivity contribution >= 4 is 34.9 Å². The van der Waals surface area contributed by atoms with Crippen molar-refractivity contribution in [3.8, 4) is 5.75 Å². The summed E-state index contributed by atoms with van der Waals surface area (Å²) in [7, 11) is 0. The normalized spacial score (nSPS) is 8.20. The van der Waals surface area contributed by atoms with E-state index in [4.69, 9.17) is 11.9 Å². The first-order chi connectivity index (χ1) is 4.34. The molecule has 0 atom stereocenters. The monoisotopic (exact) mass is 166 g/mol. The SMILES string of the molecule is Cc1ccccc1OCl.[Mg+2]. The van der Waals surface area contributed by atoms with Gasteiger partial charge in [-0.1, -0.05) is 18.2 Å². The second-order valence-corrected chi connectivity index (χ2v) is 2.00. The molecule has 0 saturated carbocycles. The Labute approximate surface area is 81.7 Å². The summed E-state index contributed by atoms with van der Waals surface area (Å²) in [6.07, 6.45) is 0. The Morgan fingerprint density at radius 2 is 1.90 bits per heavy atom. The number of para-hydroxylation sites is 1. The maximum atomic E-state index is 5.13. The molecule has 0 unspecified atom stereocenters. The van der Waals surface area contributed by atoms with Crippen molar-refractivity contribution in [2.45, 2.75) is 6.92 Å². The van der Waals surface area contributed by atoms with Crippen LogP contribution in [0.5, 0.6) is 5.75 Å². The molecule has 0 bridgehead atoms. The molecule has 0 aromatic heterocycles. The third-order valence-corrected chi connectivity index (χ3v) is 1.34. The smallest absolute Gasteiger partial charge is 0.385 e. The van der Waals surface area contributed by atoms with E-state index in [1.807, 2.05) is 31.2 Å². The van der Waals surface area contributed by atoms with Crippen molar-refractivity contribution in [2.75, 3.05) is 0 Å². The molecule has 1 nitrogen and oxygen atoms in total. The largest absolute Gasteiger partial charge is 2.00 e. The first-order valence-electron chi connectivity index (χ1n) is 2.69. The molecule has 0 N–H and O–H groups in total. The molecule has 0 fully saturated rings. The predicted molar refractivity (Wildman–Crippen MR) is 43.4 cm³/mol. The quantitative estimate of drug-likeness (QED) is 0.582. The summed E-state index contributed by atoms with van der Waals surface area (Å²) < 4.78 is 4.52. The van der Waals surface area contributed by atoms with Crippen LogP contribution < -0.4 is 4.29 Å². The van der Waals surface area contributed by atoms with Gasteiger partial charge in [0.1, 0.15) is 17.6 Å². The van der Waals surface area contributed by atoms with Gasteiger partial charge >= 0.3 is 23.1 Å². The maximum absolute atomic E-state index is 5.13. The van der Waals surface area contributed by atoms with E-state index in [2.05, 4.69) is 4.29 Å². The van der Waals surface area contributed by atoms with E-state index in [0.29, 0.717) is 0 Å². The molecule has 0 aliphatic rings. The molecular formula is C7H7ClMgO+2. The molecule has 1 aromatic carbocycles. The molecule has 0 saturated heterocycles. The van der Waals surface area contributed by atoms with Gasteiger partial charge in [-0.05, 0) is 18.6 Å². The predicted octanol–water partition coefficient (Wildman–Crippen LogP) is 2.15. The van der Waals surface area contributed by atoms with E-state index in [1.54, 1.807) is 0 Å². The van der Waals surface area contributed by atoms with Crippen LogP contribution in [0.3, 0.4) is 0 Å². The molecule has 10 heavy (non-hydrogen) atoms. The molecule has 1 rings (SSSR count). The van der Waals surface area contributed by atoms with Crippen LogP contribution in [0.1, 0.15) is 5.56 Å². The van der Waals surface area contributed by atoms with Crippen molar-refractivity contribution in [3.63, 3.8) is 0 Å². The van der Waals surface area contributed by atoms with Gasteiger partial charge in [0, 0.05) is 0 Å². The molecule has 3 heteroatoms. The van der Waals surface area contributed by atoms with Crippen LogP contribution in [0.2, 0.25) is 0 Å². The van der Waals surface area contributed by atoms with Gasteiger partial charge in [0.05, 0.1) is 0 Å². The Hall–Kier alpha value is 0.0762. The minimum Gasteiger partial charge on any atom is -0.385 e. The molecule has 0 radical (unpaired) electrons. The van der Waals surface area contributed by atoms with Gasteiger partial charge < -0.3 is 4.29 Å². The third-order valence-electron chi connectivity index (χ3n) is 1.18. The van der Waals surface area contributed by atoms with Gasteiger partial charge in [-0.15, -0.1) is 0 Å². The number of benzene rings is 1. The van der Waals surface area contributed by atoms with E-state index in [9.17, 15) is 0 Å². The Morgan fingerprint density at radius 1 is 1.30 bits per heavy atom. The molecule has 0 heterocycles. The number of rotatable bonds is 1. The fourth-order valence-corrected chi connectivity index (χ4v) is 0.816. The first-order valence-corrected chi connectivity index (χ1v) is 2.99. The summed E-state index contributed by atoms with van der Waals surface area (Å²) in [6.45, 7) is 1.94. The Kier molecular flexibility index (Phi) is 4.86. The van der Waals surface area contributed by atoms with Crippen LogP contribution in [0.15, 0.2) is 24.3 Å². The summed E-state index contributed by atoms with van der Waals surface area (Å²) in [5.41, 5.74) is 1.05. The first kappa shape index (κ1) is 10.1. The Balaban J connectivity index is 0.000000810. The number of aryl methyl sites for hydroxylation is 1. The fraction of sp³-hybridized carbons (Fsp3) is 0.143. The van der Waals surface area contributed by atoms with Gasteiger partial charge in [0.2, 0.25) is 0 Å². The van der Waals surface area contributed by atoms with Crippen LogP contribution in [0.4, 0.5) is 0 Å². The van der Waals surface area contributed by atoms with Crippen molar-refractivity contribution in [1.82, 2.24) is 0 Å². The van der Waals surface area contributed by atoms with E-state index < -0.39 is 0 Å². The van der Waals surface area contributed by atoms with Crippen LogP contribution >= 0.6 is 11.9 Å². The van der Waals surface area contributed by atoms with Crippen molar-refractivity contribution in [3.05, 3.63) is 29.8 Å². The minimum atomic E-state index is 0. The second-order valence-electron chi connectivity index (χ2n) is 1.84. The molecule has 0 aliphatic carbocycles. The van der Waals surface area contributed by atoms with Gasteiger partial charge in [-0.3, -0.25) is 0 Å². The number of hydrogen-bond acceptors (Lipinski definition) is 1. The van der Waals surface area contributed by atoms with Crippen molar-refractivity contribution in [2.24, 2.45) is 0 Å². The fourth-order valence-electron chi connectivity index (χ4n) is 0.643. The molecule has 0 spiro atoms. The van der Waals surface area contributed by atoms with Crippen LogP contribution in [0.25, 0.3) is 0 Å². The maximum Gasteiger partial charge on any atom is 2.00 e. The topological polar surface area (TPSA) is 9.23 Å². The molecule has 48 valence electrons. The summed E-state index contributed by atoms with van der Waals surface area (Å²) in [5.74, 6) is 0.721. The molecule has 1 aromatic rings. The van der Waals surface area contributed by atoms with Crippen molar-refractivity contribution < 1.29 is 4.29 Å². The zero-order valence-corrected chi connectivity index (χ0v) is 7.97. The summed E-state index contributed by atoms with van der Waals surface area (Å²) in [5, 5.41) is 0. The molecule has 0 amide bonds. The standard InChI is InChI=1S/C7H7ClO.Mg/c1-6-4-2-3-5-7(6)9-8;/h2-5H,1H3;/q;+2. The Morgan fingerprint density at radius 3 is 2.30 bits per heavy atom. The summed E-state index contributed by atoms with van der Waals surface area (Å²) >= 11 is 5.13. The van der Waals surface area contributed by atoms with Gasteiger partial charge in [0.25, 0.3) is 0 Å². The van der Waals surface area contributed by atoms with Crippen molar-refractivity contribution in [1.29, 1.82) is 0 Å². The van der Waals surface area contributed by atoms with E-state index in [0.717, 1.165) is 11.3 Å². The van der Waals surface area contributed by atoms with E-state index >= 15 is 0 Å². The summed E-state index contributed by atoms with van der Waals surface area (Å²) in [6, 6.07) is 7.58. The second kappa shape index (κ2) is 4.83. The van der Waals surface area contributed by atoms with E-state index in [-0.39, 0.29) is 23.1 Å². The number of halogens is 1. The van der Waals surface area contributed by atoms with Crippen LogP contribution in [-0.2, 0) is 0 Å². The van der Waals surface area contributed by atoms with Crippen LogP contribution in [0, 0.1) is 6.92 Å². The minimum absolute atomic E-state index is 0. The zero-order valence-electron chi connectivity index (χ0n) is 5.80. The van der Waals surface area contributed by atoms with Gasteiger partial charge in [0.15, 0.2) is 0 Å². The third kappa shape index (κ3) is 2.37. The van der Waals surface area contributed by atoms with E-state index in [1.165, 1.54) is 0 Å². The molecule has 0 aliphatic heterocycles. The molecular weight excluding hydrogens is 160 g/mol. The Bertz CT molecular complexity index is 203. The van der Waals surface area contributed by atoms with Gasteiger partial charge in [-0.2, -0.15) is 0 Å². The van der Waals surface area contributed by atoms with Gasteiger partial charge in [-0.25, -0.2) is 0 Å². The average Bonchev–Trinajstić information content (AvgIpc) is 1.89. The average molecular weight is 167 g/mol. The van der Waals surface area contributed by atoms with Crippen LogP contribution in [-0.4, -0.2) is 23.1 Å².